The van der Waals surface area contributed by atoms with Crippen LogP contribution in [0, 0.1) is 6.92 Å². The van der Waals surface area contributed by atoms with E-state index in [1.807, 2.05) is 55.5 Å². The third-order valence-corrected chi connectivity index (χ3v) is 4.52. The zero-order chi connectivity index (χ0) is 18.5. The SMILES string of the molecule is CCN(c1ccccc1)c1cncc(C(=O)Nc2ccc(C)c(Cl)c2)c1. The summed E-state index contributed by atoms with van der Waals surface area (Å²) in [6, 6.07) is 17.3. The molecule has 0 aliphatic heterocycles. The summed E-state index contributed by atoms with van der Waals surface area (Å²) in [5.41, 5.74) is 4.04. The van der Waals surface area contributed by atoms with Crippen LogP contribution in [-0.4, -0.2) is 17.4 Å². The van der Waals surface area contributed by atoms with Crippen molar-refractivity contribution in [3.05, 3.63) is 83.1 Å². The van der Waals surface area contributed by atoms with Crippen LogP contribution in [0.25, 0.3) is 0 Å². The molecule has 0 aliphatic rings. The number of nitrogens with one attached hydrogen (secondary N) is 1. The van der Waals surface area contributed by atoms with E-state index in [-0.39, 0.29) is 5.91 Å². The Kier molecular flexibility index (Phi) is 5.54. The molecule has 1 amide bonds. The zero-order valence-corrected chi connectivity index (χ0v) is 15.5. The van der Waals surface area contributed by atoms with Crippen LogP contribution < -0.4 is 10.2 Å². The first-order valence-electron chi connectivity index (χ1n) is 8.43. The Morgan fingerprint density at radius 3 is 2.54 bits per heavy atom. The second-order valence-electron chi connectivity index (χ2n) is 5.93. The second kappa shape index (κ2) is 8.02. The standard InChI is InChI=1S/C21H20ClN3O/c1-3-25(18-7-5-4-6-8-18)19-11-16(13-23-14-19)21(26)24-17-10-9-15(2)20(22)12-17/h4-14H,3H2,1-2H3,(H,24,26). The lowest BCUT2D eigenvalue weighted by molar-refractivity contribution is 0.102. The van der Waals surface area contributed by atoms with Crippen molar-refractivity contribution in [3.8, 4) is 0 Å². The summed E-state index contributed by atoms with van der Waals surface area (Å²) in [6.07, 6.45) is 3.32. The number of aromatic nitrogens is 1. The monoisotopic (exact) mass is 365 g/mol. The van der Waals surface area contributed by atoms with Crippen molar-refractivity contribution < 1.29 is 4.79 Å². The number of amides is 1. The number of carbonyl (C=O) groups excluding carboxylic acids is 1. The van der Waals surface area contributed by atoms with Gasteiger partial charge >= 0.3 is 0 Å². The topological polar surface area (TPSA) is 45.2 Å². The molecule has 3 aromatic rings. The number of carbonyl (C=O) groups is 1. The normalized spacial score (nSPS) is 10.4. The molecule has 1 aromatic heterocycles. The number of anilines is 3. The highest BCUT2D eigenvalue weighted by Gasteiger charge is 2.12. The number of halogens is 1. The van der Waals surface area contributed by atoms with Gasteiger partial charge in [-0.15, -0.1) is 0 Å². The number of nitrogens with zero attached hydrogens (tertiary/aromatic N) is 2. The van der Waals surface area contributed by atoms with Crippen LogP contribution >= 0.6 is 11.6 Å². The number of hydrogen-bond donors (Lipinski definition) is 1. The third kappa shape index (κ3) is 4.03. The lowest BCUT2D eigenvalue weighted by Crippen LogP contribution is -2.18. The number of para-hydroxylation sites is 1. The molecule has 0 radical (unpaired) electrons. The second-order valence-corrected chi connectivity index (χ2v) is 6.34. The molecule has 0 fully saturated rings. The van der Waals surface area contributed by atoms with Crippen LogP contribution in [0.3, 0.4) is 0 Å². The maximum absolute atomic E-state index is 12.6. The summed E-state index contributed by atoms with van der Waals surface area (Å²) in [6.45, 7) is 4.75. The van der Waals surface area contributed by atoms with Crippen molar-refractivity contribution >= 4 is 34.6 Å². The number of pyridine rings is 1. The quantitative estimate of drug-likeness (QED) is 0.653. The Labute approximate surface area is 158 Å². The number of aryl methyl sites for hydroxylation is 1. The minimum atomic E-state index is -0.219. The van der Waals surface area contributed by atoms with Crippen molar-refractivity contribution in [1.29, 1.82) is 0 Å². The summed E-state index contributed by atoms with van der Waals surface area (Å²) >= 11 is 6.13. The number of hydrogen-bond acceptors (Lipinski definition) is 3. The van der Waals surface area contributed by atoms with E-state index in [1.165, 1.54) is 0 Å². The summed E-state index contributed by atoms with van der Waals surface area (Å²) < 4.78 is 0. The molecule has 5 heteroatoms. The van der Waals surface area contributed by atoms with Crippen molar-refractivity contribution in [1.82, 2.24) is 4.98 Å². The molecule has 0 saturated heterocycles. The molecule has 2 aromatic carbocycles. The maximum Gasteiger partial charge on any atom is 0.257 e. The summed E-state index contributed by atoms with van der Waals surface area (Å²) in [5.74, 6) is -0.219. The largest absolute Gasteiger partial charge is 0.340 e. The van der Waals surface area contributed by atoms with Crippen molar-refractivity contribution in [2.75, 3.05) is 16.8 Å². The van der Waals surface area contributed by atoms with Crippen LogP contribution in [0.4, 0.5) is 17.1 Å². The maximum atomic E-state index is 12.6. The van der Waals surface area contributed by atoms with E-state index in [0.29, 0.717) is 16.3 Å². The molecular formula is C21H20ClN3O. The van der Waals surface area contributed by atoms with Gasteiger partial charge < -0.3 is 10.2 Å². The van der Waals surface area contributed by atoms with Crippen molar-refractivity contribution in [2.24, 2.45) is 0 Å². The highest BCUT2D eigenvalue weighted by molar-refractivity contribution is 6.31. The zero-order valence-electron chi connectivity index (χ0n) is 14.7. The molecule has 3 rings (SSSR count). The van der Waals surface area contributed by atoms with Gasteiger partial charge in [-0.2, -0.15) is 0 Å². The Hall–Kier alpha value is -2.85. The Morgan fingerprint density at radius 2 is 1.85 bits per heavy atom. The fourth-order valence-electron chi connectivity index (χ4n) is 2.70. The van der Waals surface area contributed by atoms with Gasteiger partial charge in [0.1, 0.15) is 0 Å². The molecule has 0 aliphatic carbocycles. The first-order chi connectivity index (χ1) is 12.6. The average molecular weight is 366 g/mol. The molecular weight excluding hydrogens is 346 g/mol. The molecule has 1 heterocycles. The van der Waals surface area contributed by atoms with E-state index >= 15 is 0 Å². The van der Waals surface area contributed by atoms with E-state index in [1.54, 1.807) is 18.5 Å². The number of rotatable bonds is 5. The van der Waals surface area contributed by atoms with Crippen LogP contribution in [0.5, 0.6) is 0 Å². The smallest absolute Gasteiger partial charge is 0.257 e. The van der Waals surface area contributed by atoms with Crippen LogP contribution in [-0.2, 0) is 0 Å². The van der Waals surface area contributed by atoms with E-state index in [2.05, 4.69) is 22.1 Å². The minimum Gasteiger partial charge on any atom is -0.340 e. The minimum absolute atomic E-state index is 0.219. The first-order valence-corrected chi connectivity index (χ1v) is 8.81. The van der Waals surface area contributed by atoms with Gasteiger partial charge in [0.2, 0.25) is 0 Å². The first kappa shape index (κ1) is 18.0. The lowest BCUT2D eigenvalue weighted by atomic mass is 10.2. The Morgan fingerprint density at radius 1 is 1.08 bits per heavy atom. The molecule has 0 unspecified atom stereocenters. The van der Waals surface area contributed by atoms with Crippen molar-refractivity contribution in [2.45, 2.75) is 13.8 Å². The van der Waals surface area contributed by atoms with Gasteiger partial charge in [0, 0.05) is 29.1 Å². The van der Waals surface area contributed by atoms with Gasteiger partial charge in [0.05, 0.1) is 17.4 Å². The summed E-state index contributed by atoms with van der Waals surface area (Å²) in [4.78, 5) is 18.9. The van der Waals surface area contributed by atoms with Gasteiger partial charge in [-0.25, -0.2) is 0 Å². The van der Waals surface area contributed by atoms with Crippen molar-refractivity contribution in [3.63, 3.8) is 0 Å². The van der Waals surface area contributed by atoms with E-state index in [0.717, 1.165) is 23.5 Å². The van der Waals surface area contributed by atoms with Gasteiger partial charge in [0.15, 0.2) is 0 Å². The fourth-order valence-corrected chi connectivity index (χ4v) is 2.88. The van der Waals surface area contributed by atoms with Gasteiger partial charge in [-0.1, -0.05) is 35.9 Å². The Bertz CT molecular complexity index is 912. The fraction of sp³-hybridized carbons (Fsp3) is 0.143. The van der Waals surface area contributed by atoms with Crippen LogP contribution in [0.1, 0.15) is 22.8 Å². The molecule has 132 valence electrons. The predicted octanol–water partition coefficient (Wildman–Crippen LogP) is 5.45. The van der Waals surface area contributed by atoms with Crippen LogP contribution in [0.15, 0.2) is 67.0 Å². The molecule has 0 atom stereocenters. The summed E-state index contributed by atoms with van der Waals surface area (Å²) in [5, 5.41) is 3.49. The average Bonchev–Trinajstić information content (AvgIpc) is 2.66. The highest BCUT2D eigenvalue weighted by Crippen LogP contribution is 2.25. The van der Waals surface area contributed by atoms with E-state index < -0.39 is 0 Å². The molecule has 0 bridgehead atoms. The number of benzene rings is 2. The van der Waals surface area contributed by atoms with Gasteiger partial charge in [-0.3, -0.25) is 9.78 Å². The molecule has 26 heavy (non-hydrogen) atoms. The Balaban J connectivity index is 1.84. The highest BCUT2D eigenvalue weighted by atomic mass is 35.5. The molecule has 1 N–H and O–H groups in total. The van der Waals surface area contributed by atoms with Gasteiger partial charge in [0.25, 0.3) is 5.91 Å². The van der Waals surface area contributed by atoms with Crippen LogP contribution in [0.2, 0.25) is 5.02 Å². The molecule has 0 saturated carbocycles. The van der Waals surface area contributed by atoms with E-state index in [9.17, 15) is 4.79 Å². The predicted molar refractivity (Wildman–Crippen MR) is 108 cm³/mol. The van der Waals surface area contributed by atoms with E-state index in [4.69, 9.17) is 11.6 Å². The summed E-state index contributed by atoms with van der Waals surface area (Å²) in [7, 11) is 0. The molecule has 0 spiro atoms. The molecule has 4 nitrogen and oxygen atoms in total. The lowest BCUT2D eigenvalue weighted by Gasteiger charge is -2.23. The van der Waals surface area contributed by atoms with Gasteiger partial charge in [-0.05, 0) is 49.7 Å². The third-order valence-electron chi connectivity index (χ3n) is 4.11.